The SMILES string of the molecule is O=C(CC(=O)OCc1cccc2c1Cc1ccccc1-2)NC(Cc1ccc(O)cc1)C(=O)O. The predicted octanol–water partition coefficient (Wildman–Crippen LogP) is 3.21. The average Bonchev–Trinajstić information content (AvgIpc) is 3.18. The minimum atomic E-state index is -1.22. The van der Waals surface area contributed by atoms with Crippen LogP contribution in [0.15, 0.2) is 66.7 Å². The molecule has 0 aliphatic heterocycles. The summed E-state index contributed by atoms with van der Waals surface area (Å²) < 4.78 is 5.32. The predicted molar refractivity (Wildman–Crippen MR) is 120 cm³/mol. The lowest BCUT2D eigenvalue weighted by Crippen LogP contribution is -2.43. The standard InChI is InChI=1S/C26H23NO6/c28-19-10-8-16(9-11-19)12-23(26(31)32)27-24(29)14-25(30)33-15-18-5-3-7-21-20-6-2-1-4-17(20)13-22(18)21/h1-11,23,28H,12-15H2,(H,27,29)(H,31,32). The third-order valence-electron chi connectivity index (χ3n) is 5.65. The number of phenolic OH excluding ortho intramolecular Hbond substituents is 1. The highest BCUT2D eigenvalue weighted by Gasteiger charge is 2.23. The van der Waals surface area contributed by atoms with Crippen molar-refractivity contribution in [3.05, 3.63) is 89.0 Å². The van der Waals surface area contributed by atoms with E-state index in [1.165, 1.54) is 23.3 Å². The molecule has 0 fully saturated rings. The Hall–Kier alpha value is -4.13. The number of hydrogen-bond donors (Lipinski definition) is 3. The molecule has 1 aliphatic rings. The van der Waals surface area contributed by atoms with Crippen molar-refractivity contribution in [2.75, 3.05) is 0 Å². The molecule has 0 spiro atoms. The molecule has 0 aromatic heterocycles. The monoisotopic (exact) mass is 445 g/mol. The van der Waals surface area contributed by atoms with E-state index in [1.54, 1.807) is 12.1 Å². The quantitative estimate of drug-likeness (QED) is 0.284. The number of carboxylic acid groups (broad SMARTS) is 1. The maximum atomic E-state index is 12.2. The maximum Gasteiger partial charge on any atom is 0.326 e. The summed E-state index contributed by atoms with van der Waals surface area (Å²) in [5.41, 5.74) is 6.13. The summed E-state index contributed by atoms with van der Waals surface area (Å²) >= 11 is 0. The normalized spacial score (nSPS) is 12.4. The lowest BCUT2D eigenvalue weighted by atomic mass is 10.0. The van der Waals surface area contributed by atoms with E-state index in [4.69, 9.17) is 4.74 Å². The summed E-state index contributed by atoms with van der Waals surface area (Å²) in [7, 11) is 0. The van der Waals surface area contributed by atoms with Crippen LogP contribution in [-0.2, 0) is 38.6 Å². The van der Waals surface area contributed by atoms with Gasteiger partial charge in [0.1, 0.15) is 24.8 Å². The van der Waals surface area contributed by atoms with Gasteiger partial charge in [0.05, 0.1) is 0 Å². The molecule has 0 bridgehead atoms. The number of aliphatic carboxylic acids is 1. The molecule has 3 aromatic rings. The van der Waals surface area contributed by atoms with E-state index in [0.29, 0.717) is 5.56 Å². The maximum absolute atomic E-state index is 12.2. The Kier molecular flexibility index (Phi) is 6.40. The topological polar surface area (TPSA) is 113 Å². The van der Waals surface area contributed by atoms with E-state index in [9.17, 15) is 24.6 Å². The molecule has 0 saturated heterocycles. The van der Waals surface area contributed by atoms with Crippen LogP contribution in [-0.4, -0.2) is 34.1 Å². The summed E-state index contributed by atoms with van der Waals surface area (Å²) in [6, 6.07) is 18.8. The van der Waals surface area contributed by atoms with Crippen molar-refractivity contribution >= 4 is 17.8 Å². The molecule has 1 atom stereocenters. The van der Waals surface area contributed by atoms with E-state index in [2.05, 4.69) is 17.4 Å². The number of rotatable bonds is 8. The van der Waals surface area contributed by atoms with E-state index >= 15 is 0 Å². The number of fused-ring (bicyclic) bond motifs is 3. The number of carboxylic acids is 1. The average molecular weight is 445 g/mol. The van der Waals surface area contributed by atoms with Crippen LogP contribution < -0.4 is 5.32 Å². The first-order chi connectivity index (χ1) is 15.9. The van der Waals surface area contributed by atoms with Crippen molar-refractivity contribution in [3.8, 4) is 16.9 Å². The van der Waals surface area contributed by atoms with Crippen LogP contribution in [0.1, 0.15) is 28.7 Å². The fraction of sp³-hybridized carbons (Fsp3) is 0.192. The molecule has 0 heterocycles. The largest absolute Gasteiger partial charge is 0.508 e. The van der Waals surface area contributed by atoms with Gasteiger partial charge in [-0.25, -0.2) is 4.79 Å². The van der Waals surface area contributed by atoms with Crippen LogP contribution in [0.25, 0.3) is 11.1 Å². The van der Waals surface area contributed by atoms with Crippen LogP contribution in [0, 0.1) is 0 Å². The first-order valence-corrected chi connectivity index (χ1v) is 10.6. The number of esters is 1. The van der Waals surface area contributed by atoms with Crippen molar-refractivity contribution in [1.82, 2.24) is 5.32 Å². The van der Waals surface area contributed by atoms with Crippen molar-refractivity contribution in [1.29, 1.82) is 0 Å². The molecule has 168 valence electrons. The van der Waals surface area contributed by atoms with Crippen molar-refractivity contribution in [3.63, 3.8) is 0 Å². The third-order valence-corrected chi connectivity index (χ3v) is 5.65. The van der Waals surface area contributed by atoms with Crippen LogP contribution in [0.4, 0.5) is 0 Å². The number of benzene rings is 3. The minimum absolute atomic E-state index is 0.0209. The summed E-state index contributed by atoms with van der Waals surface area (Å²) in [6.07, 6.45) is 0.207. The lowest BCUT2D eigenvalue weighted by molar-refractivity contribution is -0.149. The number of nitrogens with one attached hydrogen (secondary N) is 1. The minimum Gasteiger partial charge on any atom is -0.508 e. The molecule has 4 rings (SSSR count). The van der Waals surface area contributed by atoms with E-state index < -0.39 is 30.3 Å². The summed E-state index contributed by atoms with van der Waals surface area (Å²) in [5.74, 6) is -2.61. The van der Waals surface area contributed by atoms with Crippen LogP contribution in [0.2, 0.25) is 0 Å². The Bertz CT molecular complexity index is 1200. The fourth-order valence-corrected chi connectivity index (χ4v) is 4.01. The Morgan fingerprint density at radius 3 is 2.42 bits per heavy atom. The Balaban J connectivity index is 1.32. The molecule has 7 nitrogen and oxygen atoms in total. The number of ether oxygens (including phenoxy) is 1. The van der Waals surface area contributed by atoms with E-state index in [1.807, 2.05) is 30.3 Å². The van der Waals surface area contributed by atoms with Crippen LogP contribution in [0.3, 0.4) is 0 Å². The Morgan fingerprint density at radius 2 is 1.67 bits per heavy atom. The number of hydrogen-bond acceptors (Lipinski definition) is 5. The third kappa shape index (κ3) is 5.20. The van der Waals surface area contributed by atoms with Gasteiger partial charge < -0.3 is 20.3 Å². The van der Waals surface area contributed by atoms with Crippen molar-refractivity contribution < 1.29 is 29.3 Å². The molecule has 3 N–H and O–H groups in total. The van der Waals surface area contributed by atoms with Gasteiger partial charge in [-0.3, -0.25) is 9.59 Å². The van der Waals surface area contributed by atoms with Crippen molar-refractivity contribution in [2.24, 2.45) is 0 Å². The summed E-state index contributed by atoms with van der Waals surface area (Å²) in [6.45, 7) is 0.0408. The molecule has 3 aromatic carbocycles. The smallest absolute Gasteiger partial charge is 0.326 e. The zero-order chi connectivity index (χ0) is 23.4. The van der Waals surface area contributed by atoms with Gasteiger partial charge in [0.2, 0.25) is 5.91 Å². The van der Waals surface area contributed by atoms with Gasteiger partial charge in [-0.2, -0.15) is 0 Å². The first-order valence-electron chi connectivity index (χ1n) is 10.6. The van der Waals surface area contributed by atoms with Gasteiger partial charge >= 0.3 is 11.9 Å². The van der Waals surface area contributed by atoms with Gasteiger partial charge in [0, 0.05) is 6.42 Å². The number of carbonyl (C=O) groups is 3. The highest BCUT2D eigenvalue weighted by molar-refractivity contribution is 5.96. The summed E-state index contributed by atoms with van der Waals surface area (Å²) in [5, 5.41) is 21.1. The van der Waals surface area contributed by atoms with Gasteiger partial charge in [0.15, 0.2) is 0 Å². The Morgan fingerprint density at radius 1 is 0.939 bits per heavy atom. The highest BCUT2D eigenvalue weighted by atomic mass is 16.5. The molecule has 1 unspecified atom stereocenters. The second kappa shape index (κ2) is 9.56. The van der Waals surface area contributed by atoms with E-state index in [0.717, 1.165) is 23.1 Å². The molecular weight excluding hydrogens is 422 g/mol. The number of phenols is 1. The second-order valence-electron chi connectivity index (χ2n) is 7.94. The molecule has 33 heavy (non-hydrogen) atoms. The second-order valence-corrected chi connectivity index (χ2v) is 7.94. The molecule has 0 saturated carbocycles. The Labute approximate surface area is 190 Å². The van der Waals surface area contributed by atoms with Crippen LogP contribution in [0.5, 0.6) is 5.75 Å². The highest BCUT2D eigenvalue weighted by Crippen LogP contribution is 2.38. The molecule has 7 heteroatoms. The van der Waals surface area contributed by atoms with Gasteiger partial charge in [0.25, 0.3) is 0 Å². The number of carbonyl (C=O) groups excluding carboxylic acids is 2. The van der Waals surface area contributed by atoms with Crippen molar-refractivity contribution in [2.45, 2.75) is 31.9 Å². The van der Waals surface area contributed by atoms with Gasteiger partial charge in [-0.15, -0.1) is 0 Å². The number of aromatic hydroxyl groups is 1. The fourth-order valence-electron chi connectivity index (χ4n) is 4.01. The summed E-state index contributed by atoms with van der Waals surface area (Å²) in [4.78, 5) is 36.0. The van der Waals surface area contributed by atoms with Gasteiger partial charge in [-0.05, 0) is 51.9 Å². The molecular formula is C26H23NO6. The number of amides is 1. The molecule has 1 amide bonds. The lowest BCUT2D eigenvalue weighted by Gasteiger charge is -2.15. The molecule has 1 aliphatic carbocycles. The first kappa shape index (κ1) is 22.1. The van der Waals surface area contributed by atoms with E-state index in [-0.39, 0.29) is 18.8 Å². The molecule has 0 radical (unpaired) electrons. The van der Waals surface area contributed by atoms with Crippen LogP contribution >= 0.6 is 0 Å². The zero-order valence-electron chi connectivity index (χ0n) is 17.8. The van der Waals surface area contributed by atoms with Gasteiger partial charge in [-0.1, -0.05) is 54.6 Å². The zero-order valence-corrected chi connectivity index (χ0v) is 17.8.